The van der Waals surface area contributed by atoms with E-state index in [0.717, 1.165) is 6.42 Å². The van der Waals surface area contributed by atoms with Gasteiger partial charge < -0.3 is 44.6 Å². The van der Waals surface area contributed by atoms with E-state index in [2.05, 4.69) is 15.3 Å². The molecular formula is C19H26ClN3O10P2. The number of benzene rings is 1. The topological polar surface area (TPSA) is 212 Å². The molecule has 3 unspecified atom stereocenters. The Labute approximate surface area is 204 Å². The highest BCUT2D eigenvalue weighted by Crippen LogP contribution is 2.55. The number of aromatic nitrogens is 2. The van der Waals surface area contributed by atoms with Crippen molar-refractivity contribution in [1.82, 2.24) is 9.97 Å². The Morgan fingerprint density at radius 1 is 1.11 bits per heavy atom. The summed E-state index contributed by atoms with van der Waals surface area (Å²) in [4.78, 5) is 35.9. The quantitative estimate of drug-likeness (QED) is 0.180. The number of hydrogen-bond donors (Lipinski definition) is 7. The number of fused-ring (bicyclic) bond motifs is 1. The molecule has 2 fully saturated rings. The summed E-state index contributed by atoms with van der Waals surface area (Å²) in [5.41, 5.74) is 0.876. The molecule has 7 atom stereocenters. The van der Waals surface area contributed by atoms with Crippen LogP contribution in [0.15, 0.2) is 18.2 Å². The van der Waals surface area contributed by atoms with Crippen LogP contribution in [0.25, 0.3) is 10.9 Å². The summed E-state index contributed by atoms with van der Waals surface area (Å²) in [7, 11) is -9.47. The van der Waals surface area contributed by atoms with Gasteiger partial charge in [-0.15, -0.1) is 0 Å². The predicted octanol–water partition coefficient (Wildman–Crippen LogP) is 1.11. The first-order chi connectivity index (χ1) is 16.3. The molecule has 0 radical (unpaired) electrons. The van der Waals surface area contributed by atoms with Gasteiger partial charge in [0, 0.05) is 11.4 Å². The lowest BCUT2D eigenvalue weighted by Crippen LogP contribution is -2.33. The summed E-state index contributed by atoms with van der Waals surface area (Å²) in [6.45, 7) is -0.675. The Morgan fingerprint density at radius 2 is 1.86 bits per heavy atom. The number of aliphatic hydroxyl groups excluding tert-OH is 3. The average molecular weight is 554 g/mol. The normalized spacial score (nSPS) is 31.1. The van der Waals surface area contributed by atoms with Crippen molar-refractivity contribution in [2.45, 2.75) is 55.8 Å². The van der Waals surface area contributed by atoms with Crippen molar-refractivity contribution >= 4 is 43.5 Å². The van der Waals surface area contributed by atoms with Gasteiger partial charge in [0.05, 0.1) is 18.2 Å². The van der Waals surface area contributed by atoms with Crippen LogP contribution >= 0.6 is 26.8 Å². The number of aliphatic hydroxyl groups is 3. The first-order valence-corrected chi connectivity index (χ1v) is 14.7. The zero-order chi connectivity index (χ0) is 25.5. The molecule has 1 aliphatic heterocycles. The van der Waals surface area contributed by atoms with E-state index < -0.39 is 52.1 Å². The van der Waals surface area contributed by atoms with Crippen LogP contribution in [-0.2, 0) is 18.4 Å². The predicted molar refractivity (Wildman–Crippen MR) is 124 cm³/mol. The monoisotopic (exact) mass is 553 g/mol. The van der Waals surface area contributed by atoms with E-state index in [-0.39, 0.29) is 17.4 Å². The fraction of sp³-hybridized carbons (Fsp3) is 0.579. The highest BCUT2D eigenvalue weighted by Gasteiger charge is 2.45. The molecule has 0 spiro atoms. The first kappa shape index (κ1) is 26.8. The Morgan fingerprint density at radius 3 is 2.51 bits per heavy atom. The Bertz CT molecular complexity index is 1180. The number of rotatable bonds is 8. The van der Waals surface area contributed by atoms with E-state index in [4.69, 9.17) is 30.6 Å². The number of nitrogens with one attached hydrogen (secondary N) is 1. The van der Waals surface area contributed by atoms with Gasteiger partial charge in [-0.2, -0.15) is 0 Å². The summed E-state index contributed by atoms with van der Waals surface area (Å²) >= 11 is 6.10. The first-order valence-electron chi connectivity index (χ1n) is 10.8. The third-order valence-corrected chi connectivity index (χ3v) is 9.56. The molecule has 2 aliphatic rings. The maximum Gasteiger partial charge on any atom is 0.340 e. The third-order valence-electron chi connectivity index (χ3n) is 5.93. The summed E-state index contributed by atoms with van der Waals surface area (Å²) in [6.07, 6.45) is -3.51. The molecule has 16 heteroatoms. The van der Waals surface area contributed by atoms with Crippen LogP contribution in [0.1, 0.15) is 30.9 Å². The molecule has 1 saturated carbocycles. The molecule has 0 amide bonds. The fourth-order valence-corrected chi connectivity index (χ4v) is 7.06. The van der Waals surface area contributed by atoms with Gasteiger partial charge in [-0.05, 0) is 48.6 Å². The van der Waals surface area contributed by atoms with E-state index >= 15 is 0 Å². The molecule has 194 valence electrons. The van der Waals surface area contributed by atoms with E-state index in [1.54, 1.807) is 18.2 Å². The molecule has 2 aromatic rings. The lowest BCUT2D eigenvalue weighted by atomic mass is 10.0. The van der Waals surface area contributed by atoms with Gasteiger partial charge in [0.15, 0.2) is 5.90 Å². The molecule has 2 heterocycles. The van der Waals surface area contributed by atoms with Gasteiger partial charge in [-0.1, -0.05) is 6.07 Å². The van der Waals surface area contributed by atoms with Crippen LogP contribution in [0.4, 0.5) is 5.82 Å². The molecule has 1 aromatic carbocycles. The highest BCUT2D eigenvalue weighted by molar-refractivity contribution is 7.70. The van der Waals surface area contributed by atoms with E-state index in [9.17, 15) is 29.3 Å². The number of ether oxygens (including phenoxy) is 1. The molecule has 1 aromatic heterocycles. The van der Waals surface area contributed by atoms with Crippen molar-refractivity contribution in [2.75, 3.05) is 17.8 Å². The van der Waals surface area contributed by atoms with Gasteiger partial charge in [0.1, 0.15) is 30.2 Å². The zero-order valence-corrected chi connectivity index (χ0v) is 20.8. The van der Waals surface area contributed by atoms with Crippen LogP contribution in [0, 0.1) is 0 Å². The summed E-state index contributed by atoms with van der Waals surface area (Å²) < 4.78 is 33.2. The average Bonchev–Trinajstić information content (AvgIpc) is 3.27. The molecule has 7 N–H and O–H groups in total. The second-order valence-corrected chi connectivity index (χ2v) is 13.1. The van der Waals surface area contributed by atoms with E-state index in [1.807, 2.05) is 0 Å². The number of halogens is 1. The van der Waals surface area contributed by atoms with Crippen LogP contribution in [0.5, 0.6) is 0 Å². The summed E-state index contributed by atoms with van der Waals surface area (Å²) in [5, 5.41) is 34.5. The molecule has 35 heavy (non-hydrogen) atoms. The molecular weight excluding hydrogens is 528 g/mol. The van der Waals surface area contributed by atoms with Gasteiger partial charge in [-0.3, -0.25) is 9.13 Å². The van der Waals surface area contributed by atoms with Gasteiger partial charge in [-0.25, -0.2) is 9.97 Å². The highest BCUT2D eigenvalue weighted by atomic mass is 35.5. The van der Waals surface area contributed by atoms with Gasteiger partial charge in [0.2, 0.25) is 5.28 Å². The standard InChI is InChI=1S/C19H26ClN3O10P2/c20-19-22-13-5-9(1-4-12(13)18(23-19)21-10-2-3-11(24)6-10)17-16(26)15(25)14(33-17)7-32-35(30,31)8-34(27,28)29/h1,4-5,10-11,14-17,24-26H,2-3,6-8H2,(H,30,31)(H,21,22,23)(H2,27,28,29)/t10?,11?,14-,15-,16-,17+/m1/s1. The van der Waals surface area contributed by atoms with Crippen molar-refractivity contribution < 1.29 is 48.4 Å². The summed E-state index contributed by atoms with van der Waals surface area (Å²) in [5.74, 6) is -0.885. The largest absolute Gasteiger partial charge is 0.393 e. The molecule has 4 rings (SSSR count). The van der Waals surface area contributed by atoms with E-state index in [0.29, 0.717) is 35.1 Å². The van der Waals surface area contributed by atoms with E-state index in [1.165, 1.54) is 0 Å². The number of anilines is 1. The van der Waals surface area contributed by atoms with Gasteiger partial charge in [0.25, 0.3) is 0 Å². The molecule has 13 nitrogen and oxygen atoms in total. The fourth-order valence-electron chi connectivity index (χ4n) is 4.31. The maximum atomic E-state index is 11.9. The van der Waals surface area contributed by atoms with Crippen molar-refractivity contribution in [3.8, 4) is 0 Å². The minimum absolute atomic E-state index is 0.0151. The minimum Gasteiger partial charge on any atom is -0.393 e. The summed E-state index contributed by atoms with van der Waals surface area (Å²) in [6, 6.07) is 4.97. The van der Waals surface area contributed by atoms with Crippen LogP contribution < -0.4 is 5.32 Å². The lowest BCUT2D eigenvalue weighted by molar-refractivity contribution is -0.0186. The zero-order valence-electron chi connectivity index (χ0n) is 18.2. The van der Waals surface area contributed by atoms with Gasteiger partial charge >= 0.3 is 15.2 Å². The van der Waals surface area contributed by atoms with Crippen LogP contribution in [0.2, 0.25) is 5.28 Å². The van der Waals surface area contributed by atoms with Crippen LogP contribution in [-0.4, -0.2) is 82.9 Å². The number of nitrogens with zero attached hydrogens (tertiary/aromatic N) is 2. The van der Waals surface area contributed by atoms with Crippen LogP contribution in [0.3, 0.4) is 0 Å². The van der Waals surface area contributed by atoms with Crippen molar-refractivity contribution in [3.05, 3.63) is 29.0 Å². The second-order valence-electron chi connectivity index (χ2n) is 8.74. The molecule has 0 bridgehead atoms. The smallest absolute Gasteiger partial charge is 0.340 e. The minimum atomic E-state index is -4.81. The third kappa shape index (κ3) is 6.57. The molecule has 1 saturated heterocycles. The SMILES string of the molecule is O=P(O)(O)CP(=O)(O)OC[C@H]1O[C@@H](c2ccc3c(NC4CCC(O)C4)nc(Cl)nc3c2)[C@H](O)[C@@H]1O. The lowest BCUT2D eigenvalue weighted by Gasteiger charge is -2.18. The second kappa shape index (κ2) is 10.3. The number of hydrogen-bond acceptors (Lipinski definition) is 10. The van der Waals surface area contributed by atoms with Crippen molar-refractivity contribution in [1.29, 1.82) is 0 Å². The Hall–Kier alpha value is -1.21. The Balaban J connectivity index is 1.50. The van der Waals surface area contributed by atoms with Crippen molar-refractivity contribution in [3.63, 3.8) is 0 Å². The maximum absolute atomic E-state index is 11.9. The molecule has 1 aliphatic carbocycles. The van der Waals surface area contributed by atoms with Crippen molar-refractivity contribution in [2.24, 2.45) is 0 Å². The Kier molecular flexibility index (Phi) is 7.88.